The van der Waals surface area contributed by atoms with Crippen molar-refractivity contribution >= 4 is 0 Å². The summed E-state index contributed by atoms with van der Waals surface area (Å²) in [7, 11) is 0. The summed E-state index contributed by atoms with van der Waals surface area (Å²) in [5.74, 6) is 0.701. The highest BCUT2D eigenvalue weighted by Crippen LogP contribution is 2.25. The highest BCUT2D eigenvalue weighted by atomic mass is 15.2. The van der Waals surface area contributed by atoms with Gasteiger partial charge in [0, 0.05) is 24.5 Å². The molecule has 14 heavy (non-hydrogen) atoms. The van der Waals surface area contributed by atoms with Crippen LogP contribution in [0.4, 0.5) is 0 Å². The normalized spacial score (nSPS) is 25.4. The molecular weight excluding hydrogens is 174 g/mol. The fourth-order valence-corrected chi connectivity index (χ4v) is 2.21. The lowest BCUT2D eigenvalue weighted by atomic mass is 10.1. The maximum atomic E-state index is 5.68. The van der Waals surface area contributed by atoms with Crippen molar-refractivity contribution in [2.45, 2.75) is 19.4 Å². The quantitative estimate of drug-likeness (QED) is 0.761. The average Bonchev–Trinajstić information content (AvgIpc) is 2.88. The van der Waals surface area contributed by atoms with Gasteiger partial charge in [-0.05, 0) is 44.5 Å². The highest BCUT2D eigenvalue weighted by molar-refractivity contribution is 5.08. The molecule has 1 aliphatic rings. The van der Waals surface area contributed by atoms with Gasteiger partial charge in [-0.1, -0.05) is 0 Å². The first-order valence-corrected chi connectivity index (χ1v) is 5.38. The van der Waals surface area contributed by atoms with E-state index in [4.69, 9.17) is 5.73 Å². The first-order valence-electron chi connectivity index (χ1n) is 5.38. The Labute approximate surface area is 85.3 Å². The van der Waals surface area contributed by atoms with Gasteiger partial charge in [-0.25, -0.2) is 0 Å². The van der Waals surface area contributed by atoms with Crippen molar-refractivity contribution in [3.63, 3.8) is 0 Å². The number of hydrogen-bond donors (Lipinski definition) is 2. The van der Waals surface area contributed by atoms with E-state index in [1.165, 1.54) is 18.7 Å². The van der Waals surface area contributed by atoms with Crippen molar-refractivity contribution in [1.82, 2.24) is 9.88 Å². The Kier molecular flexibility index (Phi) is 2.89. The minimum Gasteiger partial charge on any atom is -0.364 e. The molecule has 0 aromatic carbocycles. The molecule has 1 aromatic rings. The van der Waals surface area contributed by atoms with Crippen LogP contribution in [0.25, 0.3) is 0 Å². The molecule has 1 aliphatic heterocycles. The number of rotatable bonds is 3. The summed E-state index contributed by atoms with van der Waals surface area (Å²) in [5, 5.41) is 0. The molecule has 78 valence electrons. The van der Waals surface area contributed by atoms with E-state index < -0.39 is 0 Å². The molecule has 0 amide bonds. The van der Waals surface area contributed by atoms with E-state index >= 15 is 0 Å². The lowest BCUT2D eigenvalue weighted by Gasteiger charge is -2.23. The van der Waals surface area contributed by atoms with E-state index in [1.54, 1.807) is 0 Å². The lowest BCUT2D eigenvalue weighted by molar-refractivity contribution is 0.250. The lowest BCUT2D eigenvalue weighted by Crippen LogP contribution is -2.26. The molecule has 3 N–H and O–H groups in total. The van der Waals surface area contributed by atoms with Gasteiger partial charge in [0.1, 0.15) is 0 Å². The summed E-state index contributed by atoms with van der Waals surface area (Å²) in [5.41, 5.74) is 6.99. The molecule has 0 spiro atoms. The van der Waals surface area contributed by atoms with E-state index in [9.17, 15) is 0 Å². The zero-order valence-corrected chi connectivity index (χ0v) is 8.74. The van der Waals surface area contributed by atoms with Crippen LogP contribution in [-0.2, 0) is 0 Å². The second kappa shape index (κ2) is 4.15. The first kappa shape index (κ1) is 9.74. The Morgan fingerprint density at radius 2 is 2.57 bits per heavy atom. The third kappa shape index (κ3) is 1.83. The zero-order valence-electron chi connectivity index (χ0n) is 8.74. The third-order valence-corrected chi connectivity index (χ3v) is 3.27. The van der Waals surface area contributed by atoms with E-state index in [1.807, 2.05) is 6.20 Å². The van der Waals surface area contributed by atoms with Gasteiger partial charge in [-0.2, -0.15) is 0 Å². The van der Waals surface area contributed by atoms with Crippen LogP contribution in [0, 0.1) is 5.92 Å². The SMILES string of the molecule is CC(c1ccc[nH]1)N1CCC(CN)C1. The molecule has 1 fully saturated rings. The standard InChI is InChI=1S/C11H19N3/c1-9(11-3-2-5-13-11)14-6-4-10(7-12)8-14/h2-3,5,9-10,13H,4,6-8,12H2,1H3. The van der Waals surface area contributed by atoms with Crippen molar-refractivity contribution in [2.24, 2.45) is 11.7 Å². The second-order valence-electron chi connectivity index (χ2n) is 4.19. The average molecular weight is 193 g/mol. The maximum absolute atomic E-state index is 5.68. The van der Waals surface area contributed by atoms with Crippen LogP contribution in [0.15, 0.2) is 18.3 Å². The Bertz CT molecular complexity index is 268. The molecule has 3 heteroatoms. The number of likely N-dealkylation sites (tertiary alicyclic amines) is 1. The molecule has 2 rings (SSSR count). The van der Waals surface area contributed by atoms with E-state index in [-0.39, 0.29) is 0 Å². The van der Waals surface area contributed by atoms with Gasteiger partial charge in [0.05, 0.1) is 0 Å². The van der Waals surface area contributed by atoms with Crippen molar-refractivity contribution in [2.75, 3.05) is 19.6 Å². The van der Waals surface area contributed by atoms with Crippen molar-refractivity contribution in [3.05, 3.63) is 24.0 Å². The van der Waals surface area contributed by atoms with Crippen LogP contribution in [0.1, 0.15) is 25.1 Å². The van der Waals surface area contributed by atoms with Crippen LogP contribution >= 0.6 is 0 Å². The summed E-state index contributed by atoms with van der Waals surface area (Å²) < 4.78 is 0. The molecule has 0 bridgehead atoms. The predicted molar refractivity (Wildman–Crippen MR) is 57.9 cm³/mol. The smallest absolute Gasteiger partial charge is 0.0470 e. The molecule has 2 unspecified atom stereocenters. The number of nitrogens with one attached hydrogen (secondary N) is 1. The Morgan fingerprint density at radius 1 is 1.71 bits per heavy atom. The van der Waals surface area contributed by atoms with Gasteiger partial charge in [0.25, 0.3) is 0 Å². The van der Waals surface area contributed by atoms with Crippen molar-refractivity contribution < 1.29 is 0 Å². The fourth-order valence-electron chi connectivity index (χ4n) is 2.21. The predicted octanol–water partition coefficient (Wildman–Crippen LogP) is 1.36. The zero-order chi connectivity index (χ0) is 9.97. The molecule has 1 aromatic heterocycles. The minimum absolute atomic E-state index is 0.501. The topological polar surface area (TPSA) is 45.0 Å². The number of nitrogens with zero attached hydrogens (tertiary/aromatic N) is 1. The fraction of sp³-hybridized carbons (Fsp3) is 0.636. The first-order chi connectivity index (χ1) is 6.81. The second-order valence-corrected chi connectivity index (χ2v) is 4.19. The number of nitrogens with two attached hydrogens (primary N) is 1. The monoisotopic (exact) mass is 193 g/mol. The molecule has 1 saturated heterocycles. The van der Waals surface area contributed by atoms with E-state index in [2.05, 4.69) is 28.9 Å². The van der Waals surface area contributed by atoms with Gasteiger partial charge in [-0.3, -0.25) is 4.90 Å². The summed E-state index contributed by atoms with van der Waals surface area (Å²) in [6.45, 7) is 5.41. The van der Waals surface area contributed by atoms with Crippen LogP contribution in [0.2, 0.25) is 0 Å². The van der Waals surface area contributed by atoms with Crippen molar-refractivity contribution in [3.8, 4) is 0 Å². The number of aromatic amines is 1. The van der Waals surface area contributed by atoms with Gasteiger partial charge in [0.15, 0.2) is 0 Å². The van der Waals surface area contributed by atoms with Gasteiger partial charge in [-0.15, -0.1) is 0 Å². The Balaban J connectivity index is 1.97. The molecule has 0 aliphatic carbocycles. The largest absolute Gasteiger partial charge is 0.364 e. The van der Waals surface area contributed by atoms with Crippen LogP contribution in [-0.4, -0.2) is 29.5 Å². The third-order valence-electron chi connectivity index (χ3n) is 3.27. The van der Waals surface area contributed by atoms with Crippen LogP contribution in [0.3, 0.4) is 0 Å². The Hall–Kier alpha value is -0.800. The molecular formula is C11H19N3. The van der Waals surface area contributed by atoms with Crippen molar-refractivity contribution in [1.29, 1.82) is 0 Å². The Morgan fingerprint density at radius 3 is 3.14 bits per heavy atom. The van der Waals surface area contributed by atoms with E-state index in [0.29, 0.717) is 12.0 Å². The van der Waals surface area contributed by atoms with Crippen LogP contribution < -0.4 is 5.73 Å². The number of hydrogen-bond acceptors (Lipinski definition) is 2. The number of H-pyrrole nitrogens is 1. The summed E-state index contributed by atoms with van der Waals surface area (Å²) >= 11 is 0. The molecule has 2 heterocycles. The minimum atomic E-state index is 0.501. The van der Waals surface area contributed by atoms with Crippen LogP contribution in [0.5, 0.6) is 0 Å². The maximum Gasteiger partial charge on any atom is 0.0470 e. The highest BCUT2D eigenvalue weighted by Gasteiger charge is 2.25. The van der Waals surface area contributed by atoms with Gasteiger partial charge >= 0.3 is 0 Å². The molecule has 0 radical (unpaired) electrons. The summed E-state index contributed by atoms with van der Waals surface area (Å²) in [6, 6.07) is 4.71. The summed E-state index contributed by atoms with van der Waals surface area (Å²) in [4.78, 5) is 5.78. The molecule has 2 atom stereocenters. The molecule has 0 saturated carbocycles. The number of aromatic nitrogens is 1. The summed E-state index contributed by atoms with van der Waals surface area (Å²) in [6.07, 6.45) is 3.24. The molecule has 3 nitrogen and oxygen atoms in total. The van der Waals surface area contributed by atoms with Gasteiger partial charge < -0.3 is 10.7 Å². The van der Waals surface area contributed by atoms with E-state index in [0.717, 1.165) is 13.1 Å². The van der Waals surface area contributed by atoms with Gasteiger partial charge in [0.2, 0.25) is 0 Å².